The van der Waals surface area contributed by atoms with E-state index in [1.165, 1.54) is 11.3 Å². The molecule has 0 aromatic carbocycles. The van der Waals surface area contributed by atoms with Crippen LogP contribution in [-0.2, 0) is 4.74 Å². The van der Waals surface area contributed by atoms with Crippen molar-refractivity contribution >= 4 is 17.2 Å². The third kappa shape index (κ3) is 3.56. The molecule has 6 heteroatoms. The standard InChI is InChI=1S/C14H22N2O3S/c1-9(2)14(3,18)8-15-12(17)10-7-20-13(16-10)11-5-4-6-19-11/h7,9,11,18H,4-6,8H2,1-3H3,(H,15,17). The fourth-order valence-corrected chi connectivity index (χ4v) is 2.75. The molecule has 2 unspecified atom stereocenters. The third-order valence-electron chi connectivity index (χ3n) is 3.81. The van der Waals surface area contributed by atoms with E-state index in [0.717, 1.165) is 24.5 Å². The molecular formula is C14H22N2O3S. The molecule has 2 rings (SSSR count). The Morgan fingerprint density at radius 2 is 2.45 bits per heavy atom. The average Bonchev–Trinajstić information content (AvgIpc) is 3.05. The van der Waals surface area contributed by atoms with E-state index in [1.54, 1.807) is 12.3 Å². The van der Waals surface area contributed by atoms with Gasteiger partial charge in [-0.15, -0.1) is 11.3 Å². The predicted molar refractivity (Wildman–Crippen MR) is 77.8 cm³/mol. The van der Waals surface area contributed by atoms with E-state index in [2.05, 4.69) is 10.3 Å². The van der Waals surface area contributed by atoms with Crippen molar-refractivity contribution in [3.05, 3.63) is 16.1 Å². The van der Waals surface area contributed by atoms with Gasteiger partial charge in [0, 0.05) is 18.5 Å². The lowest BCUT2D eigenvalue weighted by atomic mass is 9.92. The highest BCUT2D eigenvalue weighted by Crippen LogP contribution is 2.30. The van der Waals surface area contributed by atoms with Gasteiger partial charge < -0.3 is 15.2 Å². The Labute approximate surface area is 123 Å². The predicted octanol–water partition coefficient (Wildman–Crippen LogP) is 2.13. The summed E-state index contributed by atoms with van der Waals surface area (Å²) in [6.07, 6.45) is 2.06. The molecule has 5 nitrogen and oxygen atoms in total. The zero-order valence-electron chi connectivity index (χ0n) is 12.2. The normalized spacial score (nSPS) is 21.9. The fourth-order valence-electron chi connectivity index (χ4n) is 1.87. The number of hydrogen-bond donors (Lipinski definition) is 2. The monoisotopic (exact) mass is 298 g/mol. The number of nitrogens with one attached hydrogen (secondary N) is 1. The summed E-state index contributed by atoms with van der Waals surface area (Å²) in [5, 5.41) is 15.5. The van der Waals surface area contributed by atoms with Crippen molar-refractivity contribution in [3.8, 4) is 0 Å². The van der Waals surface area contributed by atoms with Crippen molar-refractivity contribution in [2.24, 2.45) is 5.92 Å². The maximum Gasteiger partial charge on any atom is 0.270 e. The van der Waals surface area contributed by atoms with E-state index in [-0.39, 0.29) is 24.5 Å². The van der Waals surface area contributed by atoms with E-state index >= 15 is 0 Å². The summed E-state index contributed by atoms with van der Waals surface area (Å²) in [5.41, 5.74) is -0.511. The van der Waals surface area contributed by atoms with Crippen molar-refractivity contribution in [2.75, 3.05) is 13.2 Å². The highest BCUT2D eigenvalue weighted by molar-refractivity contribution is 7.09. The van der Waals surface area contributed by atoms with Gasteiger partial charge in [-0.1, -0.05) is 13.8 Å². The SMILES string of the molecule is CC(C)C(C)(O)CNC(=O)c1csc(C2CCCO2)n1. The molecule has 2 N–H and O–H groups in total. The van der Waals surface area contributed by atoms with Gasteiger partial charge in [0.15, 0.2) is 0 Å². The number of thiazole rings is 1. The van der Waals surface area contributed by atoms with Crippen LogP contribution in [0.25, 0.3) is 0 Å². The first-order valence-electron chi connectivity index (χ1n) is 6.98. The molecule has 1 aromatic rings. The molecule has 1 aromatic heterocycles. The second-order valence-corrected chi connectivity index (χ2v) is 6.66. The van der Waals surface area contributed by atoms with Crippen LogP contribution in [0.4, 0.5) is 0 Å². The minimum atomic E-state index is -0.914. The molecule has 1 saturated heterocycles. The Kier molecular flexibility index (Phi) is 4.78. The topological polar surface area (TPSA) is 71.5 Å². The van der Waals surface area contributed by atoms with Crippen molar-refractivity contribution in [1.82, 2.24) is 10.3 Å². The van der Waals surface area contributed by atoms with Crippen molar-refractivity contribution < 1.29 is 14.6 Å². The lowest BCUT2D eigenvalue weighted by Gasteiger charge is -2.27. The number of rotatable bonds is 5. The van der Waals surface area contributed by atoms with Crippen LogP contribution < -0.4 is 5.32 Å². The van der Waals surface area contributed by atoms with Gasteiger partial charge in [0.25, 0.3) is 5.91 Å². The van der Waals surface area contributed by atoms with E-state index in [0.29, 0.717) is 5.69 Å². The molecular weight excluding hydrogens is 276 g/mol. The molecule has 0 saturated carbocycles. The summed E-state index contributed by atoms with van der Waals surface area (Å²) in [6, 6.07) is 0. The molecule has 1 aliphatic rings. The minimum absolute atomic E-state index is 0.0420. The molecule has 20 heavy (non-hydrogen) atoms. The average molecular weight is 298 g/mol. The molecule has 1 fully saturated rings. The second kappa shape index (κ2) is 6.20. The largest absolute Gasteiger partial charge is 0.388 e. The van der Waals surface area contributed by atoms with Crippen LogP contribution in [0.2, 0.25) is 0 Å². The molecule has 2 atom stereocenters. The van der Waals surface area contributed by atoms with Gasteiger partial charge in [0.05, 0.1) is 5.60 Å². The van der Waals surface area contributed by atoms with Gasteiger partial charge in [0.2, 0.25) is 0 Å². The number of aliphatic hydroxyl groups is 1. The van der Waals surface area contributed by atoms with Crippen LogP contribution in [0.5, 0.6) is 0 Å². The number of amides is 1. The van der Waals surface area contributed by atoms with Gasteiger partial charge in [-0.3, -0.25) is 4.79 Å². The molecule has 2 heterocycles. The summed E-state index contributed by atoms with van der Waals surface area (Å²) < 4.78 is 5.55. The Hall–Kier alpha value is -0.980. The van der Waals surface area contributed by atoms with Gasteiger partial charge >= 0.3 is 0 Å². The molecule has 112 valence electrons. The summed E-state index contributed by atoms with van der Waals surface area (Å²) >= 11 is 1.46. The molecule has 0 radical (unpaired) electrons. The van der Waals surface area contributed by atoms with E-state index in [9.17, 15) is 9.90 Å². The summed E-state index contributed by atoms with van der Waals surface area (Å²) in [4.78, 5) is 16.4. The Balaban J connectivity index is 1.93. The number of ether oxygens (including phenoxy) is 1. The maximum atomic E-state index is 12.0. The van der Waals surface area contributed by atoms with Crippen LogP contribution in [0.3, 0.4) is 0 Å². The first kappa shape index (κ1) is 15.4. The van der Waals surface area contributed by atoms with Crippen molar-refractivity contribution in [1.29, 1.82) is 0 Å². The number of carbonyl (C=O) groups excluding carboxylic acids is 1. The summed E-state index contributed by atoms with van der Waals surface area (Å²) in [6.45, 7) is 6.55. The summed E-state index contributed by atoms with van der Waals surface area (Å²) in [7, 11) is 0. The molecule has 0 aliphatic carbocycles. The maximum absolute atomic E-state index is 12.0. The van der Waals surface area contributed by atoms with E-state index < -0.39 is 5.60 Å². The summed E-state index contributed by atoms with van der Waals surface area (Å²) in [5.74, 6) is -0.174. The fraction of sp³-hybridized carbons (Fsp3) is 0.714. The van der Waals surface area contributed by atoms with Gasteiger partial charge in [0.1, 0.15) is 16.8 Å². The first-order valence-corrected chi connectivity index (χ1v) is 7.85. The lowest BCUT2D eigenvalue weighted by Crippen LogP contribution is -2.44. The van der Waals surface area contributed by atoms with Gasteiger partial charge in [-0.2, -0.15) is 0 Å². The molecule has 1 aliphatic heterocycles. The van der Waals surface area contributed by atoms with Gasteiger partial charge in [-0.05, 0) is 25.7 Å². The molecule has 0 spiro atoms. The highest BCUT2D eigenvalue weighted by Gasteiger charge is 2.27. The third-order valence-corrected chi connectivity index (χ3v) is 4.75. The van der Waals surface area contributed by atoms with E-state index in [4.69, 9.17) is 4.74 Å². The van der Waals surface area contributed by atoms with Crippen LogP contribution in [-0.4, -0.2) is 34.8 Å². The first-order chi connectivity index (χ1) is 9.40. The van der Waals surface area contributed by atoms with Gasteiger partial charge in [-0.25, -0.2) is 4.98 Å². The highest BCUT2D eigenvalue weighted by atomic mass is 32.1. The zero-order chi connectivity index (χ0) is 14.8. The van der Waals surface area contributed by atoms with Crippen molar-refractivity contribution in [3.63, 3.8) is 0 Å². The number of hydrogen-bond acceptors (Lipinski definition) is 5. The number of aromatic nitrogens is 1. The molecule has 0 bridgehead atoms. The lowest BCUT2D eigenvalue weighted by molar-refractivity contribution is 0.0142. The van der Waals surface area contributed by atoms with Crippen LogP contribution in [0.1, 0.15) is 55.2 Å². The van der Waals surface area contributed by atoms with Crippen LogP contribution in [0, 0.1) is 5.92 Å². The van der Waals surface area contributed by atoms with Crippen molar-refractivity contribution in [2.45, 2.75) is 45.3 Å². The quantitative estimate of drug-likeness (QED) is 0.873. The minimum Gasteiger partial charge on any atom is -0.388 e. The Bertz CT molecular complexity index is 465. The Morgan fingerprint density at radius 1 is 1.70 bits per heavy atom. The molecule has 1 amide bonds. The van der Waals surface area contributed by atoms with Crippen LogP contribution in [0.15, 0.2) is 5.38 Å². The number of nitrogens with zero attached hydrogens (tertiary/aromatic N) is 1. The smallest absolute Gasteiger partial charge is 0.270 e. The van der Waals surface area contributed by atoms with Crippen LogP contribution >= 0.6 is 11.3 Å². The number of carbonyl (C=O) groups is 1. The zero-order valence-corrected chi connectivity index (χ0v) is 13.0. The second-order valence-electron chi connectivity index (χ2n) is 5.77. The Morgan fingerprint density at radius 3 is 3.05 bits per heavy atom. The van der Waals surface area contributed by atoms with E-state index in [1.807, 2.05) is 13.8 Å².